The van der Waals surface area contributed by atoms with Gasteiger partial charge in [0.25, 0.3) is 0 Å². The average Bonchev–Trinajstić information content (AvgIpc) is 4.44. The molecule has 0 saturated carbocycles. The Hall–Kier alpha value is -10.4. The lowest BCUT2D eigenvalue weighted by Crippen LogP contribution is -2.05. The fourth-order valence-electron chi connectivity index (χ4n) is 13.0. The van der Waals surface area contributed by atoms with Gasteiger partial charge in [0.15, 0.2) is 17.5 Å². The Morgan fingerprint density at radius 2 is 0.537 bits per heavy atom. The Balaban J connectivity index is 0.814. The molecule has 0 saturated heterocycles. The Bertz CT molecular complexity index is 4830. The van der Waals surface area contributed by atoms with Crippen molar-refractivity contribution in [1.29, 1.82) is 0 Å². The summed E-state index contributed by atoms with van der Waals surface area (Å²) in [4.78, 5) is 15.9. The van der Waals surface area contributed by atoms with E-state index in [1.54, 1.807) is 0 Å². The van der Waals surface area contributed by atoms with Crippen molar-refractivity contribution in [1.82, 2.24) is 33.2 Å². The smallest absolute Gasteiger partial charge is 0.164 e. The van der Waals surface area contributed by atoms with Crippen LogP contribution in [0.25, 0.3) is 144 Å². The molecule has 0 atom stereocenters. The van der Waals surface area contributed by atoms with E-state index in [2.05, 4.69) is 264 Å². The highest BCUT2D eigenvalue weighted by molar-refractivity contribution is 6.14. The number of nitrogens with zero attached hydrogens (tertiary/aromatic N) is 7. The minimum absolute atomic E-state index is 0.635. The molecule has 378 valence electrons. The maximum absolute atomic E-state index is 5.40. The van der Waals surface area contributed by atoms with Crippen LogP contribution < -0.4 is 0 Å². The van der Waals surface area contributed by atoms with Crippen LogP contribution in [0.5, 0.6) is 0 Å². The fraction of sp³-hybridized carbons (Fsp3) is 0.0548. The third kappa shape index (κ3) is 6.83. The number of hydrogen-bond donors (Lipinski definition) is 0. The number of para-hydroxylation sites is 6. The van der Waals surface area contributed by atoms with E-state index in [9.17, 15) is 0 Å². The van der Waals surface area contributed by atoms with Crippen molar-refractivity contribution in [3.8, 4) is 56.9 Å². The first-order valence-electron chi connectivity index (χ1n) is 27.4. The van der Waals surface area contributed by atoms with Gasteiger partial charge in [0.1, 0.15) is 0 Å². The molecule has 7 heteroatoms. The molecule has 7 nitrogen and oxygen atoms in total. The van der Waals surface area contributed by atoms with Gasteiger partial charge in [-0.15, -0.1) is 0 Å². The van der Waals surface area contributed by atoms with Crippen molar-refractivity contribution < 1.29 is 0 Å². The summed E-state index contributed by atoms with van der Waals surface area (Å²) in [7, 11) is 0. The van der Waals surface area contributed by atoms with Crippen molar-refractivity contribution >= 4 is 87.2 Å². The second-order valence-corrected chi connectivity index (χ2v) is 21.4. The number of benzene rings is 11. The van der Waals surface area contributed by atoms with E-state index < -0.39 is 0 Å². The minimum atomic E-state index is 0.635. The molecule has 80 heavy (non-hydrogen) atoms. The van der Waals surface area contributed by atoms with Gasteiger partial charge in [0.05, 0.1) is 44.1 Å². The van der Waals surface area contributed by atoms with Gasteiger partial charge in [-0.25, -0.2) is 15.0 Å². The molecule has 0 spiro atoms. The fourth-order valence-corrected chi connectivity index (χ4v) is 13.0. The van der Waals surface area contributed by atoms with Crippen LogP contribution in [-0.2, 0) is 0 Å². The van der Waals surface area contributed by atoms with Gasteiger partial charge in [0, 0.05) is 82.5 Å². The van der Waals surface area contributed by atoms with E-state index in [0.29, 0.717) is 17.5 Å². The van der Waals surface area contributed by atoms with Gasteiger partial charge in [-0.05, 0) is 147 Å². The van der Waals surface area contributed by atoms with Gasteiger partial charge < -0.3 is 18.3 Å². The van der Waals surface area contributed by atoms with Crippen molar-refractivity contribution in [3.05, 3.63) is 259 Å². The summed E-state index contributed by atoms with van der Waals surface area (Å²) in [6, 6.07) is 85.7. The molecule has 0 bridgehead atoms. The van der Waals surface area contributed by atoms with Gasteiger partial charge in [-0.3, -0.25) is 0 Å². The predicted molar refractivity (Wildman–Crippen MR) is 332 cm³/mol. The van der Waals surface area contributed by atoms with Crippen LogP contribution in [0.2, 0.25) is 0 Å². The lowest BCUT2D eigenvalue weighted by atomic mass is 10.0. The molecular formula is C73H51N7. The first-order chi connectivity index (χ1) is 39.3. The van der Waals surface area contributed by atoms with Crippen molar-refractivity contribution in [2.24, 2.45) is 0 Å². The van der Waals surface area contributed by atoms with E-state index in [1.807, 2.05) is 18.2 Å². The van der Waals surface area contributed by atoms with Crippen molar-refractivity contribution in [3.63, 3.8) is 0 Å². The number of hydrogen-bond acceptors (Lipinski definition) is 3. The zero-order valence-corrected chi connectivity index (χ0v) is 44.6. The summed E-state index contributed by atoms with van der Waals surface area (Å²) in [6.45, 7) is 8.77. The van der Waals surface area contributed by atoms with Crippen LogP contribution in [0.4, 0.5) is 0 Å². The van der Waals surface area contributed by atoms with E-state index in [0.717, 1.165) is 83.8 Å². The molecule has 0 aliphatic heterocycles. The zero-order valence-electron chi connectivity index (χ0n) is 44.6. The number of aromatic nitrogens is 7. The summed E-state index contributed by atoms with van der Waals surface area (Å²) < 4.78 is 9.66. The van der Waals surface area contributed by atoms with Crippen LogP contribution in [0.3, 0.4) is 0 Å². The highest BCUT2D eigenvalue weighted by Crippen LogP contribution is 2.42. The molecule has 5 aromatic heterocycles. The standard InChI is InChI=1S/C73H51N7/c1-44-40-69(79-65-32-18-12-26-55(65)59-42-49(34-36-67(59)79)77-61-28-14-8-22-51(61)52-23-9-15-29-62(52)77)46(3)38-57(44)72-74-71(48-20-6-5-7-21-48)75-73(76-72)58-39-47(4)70(41-45(58)2)80-66-33-19-13-27-56(66)60-43-50(35-37-68(60)80)78-63-30-16-10-24-53(63)54-25-11-17-31-64(54)78/h5-43H,1-4H3. The van der Waals surface area contributed by atoms with Crippen LogP contribution in [-0.4, -0.2) is 33.2 Å². The number of fused-ring (bicyclic) bond motifs is 12. The van der Waals surface area contributed by atoms with Crippen molar-refractivity contribution in [2.45, 2.75) is 27.7 Å². The molecule has 0 N–H and O–H groups in total. The normalized spacial score (nSPS) is 12.0. The lowest BCUT2D eigenvalue weighted by Gasteiger charge is -2.17. The summed E-state index contributed by atoms with van der Waals surface area (Å²) in [5.74, 6) is 1.92. The van der Waals surface area contributed by atoms with E-state index in [-0.39, 0.29) is 0 Å². The monoisotopic (exact) mass is 1030 g/mol. The molecule has 16 rings (SSSR count). The van der Waals surface area contributed by atoms with Gasteiger partial charge in [-0.1, -0.05) is 140 Å². The summed E-state index contributed by atoms with van der Waals surface area (Å²) in [5.41, 5.74) is 21.2. The third-order valence-corrected chi connectivity index (χ3v) is 16.7. The molecule has 0 aliphatic rings. The molecule has 0 radical (unpaired) electrons. The van der Waals surface area contributed by atoms with Crippen LogP contribution in [0.1, 0.15) is 22.3 Å². The Morgan fingerprint density at radius 1 is 0.237 bits per heavy atom. The molecule has 0 unspecified atom stereocenters. The Morgan fingerprint density at radius 3 is 0.912 bits per heavy atom. The zero-order chi connectivity index (χ0) is 53.3. The van der Waals surface area contributed by atoms with Gasteiger partial charge in [-0.2, -0.15) is 0 Å². The molecule has 16 aromatic rings. The average molecular weight is 1030 g/mol. The first kappa shape index (κ1) is 45.8. The maximum atomic E-state index is 5.40. The molecule has 0 aliphatic carbocycles. The molecule has 11 aromatic carbocycles. The highest BCUT2D eigenvalue weighted by Gasteiger charge is 2.23. The highest BCUT2D eigenvalue weighted by atomic mass is 15.0. The first-order valence-corrected chi connectivity index (χ1v) is 27.4. The number of rotatable bonds is 7. The van der Waals surface area contributed by atoms with Gasteiger partial charge >= 0.3 is 0 Å². The Kier molecular flexibility index (Phi) is 10.1. The summed E-state index contributed by atoms with van der Waals surface area (Å²) in [5, 5.41) is 9.84. The predicted octanol–water partition coefficient (Wildman–Crippen LogP) is 18.5. The largest absolute Gasteiger partial charge is 0.309 e. The van der Waals surface area contributed by atoms with Crippen molar-refractivity contribution in [2.75, 3.05) is 0 Å². The quantitative estimate of drug-likeness (QED) is 0.160. The van der Waals surface area contributed by atoms with E-state index in [4.69, 9.17) is 15.0 Å². The third-order valence-electron chi connectivity index (χ3n) is 16.7. The SMILES string of the molecule is Cc1cc(-n2c3ccccc3c3cc(-n4c5ccccc5c5ccccc54)ccc32)c(C)cc1-c1nc(-c2ccccc2)nc(-c2cc(C)c(-n3c4ccccc4c4cc(-n5c6ccccc6c6ccccc65)ccc43)cc2C)n1. The Labute approximate surface area is 461 Å². The van der Waals surface area contributed by atoms with Crippen LogP contribution in [0, 0.1) is 27.7 Å². The molecule has 0 fully saturated rings. The van der Waals surface area contributed by atoms with E-state index in [1.165, 1.54) is 65.2 Å². The second kappa shape index (κ2) is 17.6. The van der Waals surface area contributed by atoms with Crippen LogP contribution in [0.15, 0.2) is 237 Å². The minimum Gasteiger partial charge on any atom is -0.309 e. The molecule has 0 amide bonds. The van der Waals surface area contributed by atoms with Gasteiger partial charge in [0.2, 0.25) is 0 Å². The van der Waals surface area contributed by atoms with Crippen LogP contribution >= 0.6 is 0 Å². The maximum Gasteiger partial charge on any atom is 0.164 e. The second-order valence-electron chi connectivity index (χ2n) is 21.4. The summed E-state index contributed by atoms with van der Waals surface area (Å²) in [6.07, 6.45) is 0. The molecule has 5 heterocycles. The summed E-state index contributed by atoms with van der Waals surface area (Å²) >= 11 is 0. The molecular weight excluding hydrogens is 975 g/mol. The number of aryl methyl sites for hydroxylation is 4. The topological polar surface area (TPSA) is 58.4 Å². The lowest BCUT2D eigenvalue weighted by molar-refractivity contribution is 1.06. The van der Waals surface area contributed by atoms with E-state index >= 15 is 0 Å².